The van der Waals surface area contributed by atoms with Crippen LogP contribution in [0.3, 0.4) is 0 Å². The third-order valence-corrected chi connectivity index (χ3v) is 24.4. The first-order valence-electron chi connectivity index (χ1n) is 37.4. The van der Waals surface area contributed by atoms with Crippen molar-refractivity contribution in [1.82, 2.24) is 36.3 Å². The molecule has 2 saturated heterocycles. The third-order valence-electron chi connectivity index (χ3n) is 24.4. The molecule has 5 aromatic rings. The molecule has 104 heavy (non-hydrogen) atoms. The average Bonchev–Trinajstić information content (AvgIpc) is 0.899. The van der Waals surface area contributed by atoms with Crippen LogP contribution in [0, 0.1) is 75.4 Å². The van der Waals surface area contributed by atoms with Crippen LogP contribution < -0.4 is 35.6 Å². The van der Waals surface area contributed by atoms with Crippen LogP contribution in [-0.2, 0) is 45.3 Å². The molecule has 6 saturated carbocycles. The molecular weight excluding hydrogens is 1310 g/mol. The van der Waals surface area contributed by atoms with Gasteiger partial charge in [0.15, 0.2) is 5.78 Å². The Morgan fingerprint density at radius 2 is 1.16 bits per heavy atom. The first-order chi connectivity index (χ1) is 49.6. The summed E-state index contributed by atoms with van der Waals surface area (Å²) >= 11 is 0. The number of benzene rings is 5. The largest absolute Gasteiger partial charge is 0.496 e. The summed E-state index contributed by atoms with van der Waals surface area (Å²) in [4.78, 5) is 72.1. The van der Waals surface area contributed by atoms with E-state index in [0.29, 0.717) is 71.1 Å². The number of aliphatic hydroxyl groups is 4. The van der Waals surface area contributed by atoms with Crippen molar-refractivity contribution in [3.05, 3.63) is 137 Å². The van der Waals surface area contributed by atoms with Gasteiger partial charge in [-0.25, -0.2) is 0 Å². The SMILES string of the molecule is CNCc1cc(C(=O)C[C@@H](Cc2ccccc2)CN(C)C)cc(-c2cccc(CN3O[C@@H](CO)[C@@H]([C@H](C)O)C3C(=O)N[C@H]3C[C@H]4C[C@@H]([C@@H]3C)C4(C)C)c2OC)c1.COc1c(CN2O[C@@H](CO)[C@@H]([C@H](C)O)[C@H]2C(=O)N[C@H]2CC3C[C@@H]([C@@H]2C)C3(C)C)cccc1-c1cc(C(=O)NCCC#N)cc(N(C)C)c1. The summed E-state index contributed by atoms with van der Waals surface area (Å²) in [5, 5.41) is 67.3. The summed E-state index contributed by atoms with van der Waals surface area (Å²) in [5.74, 6) is 2.35. The lowest BCUT2D eigenvalue weighted by atomic mass is 9.45. The third kappa shape index (κ3) is 17.1. The highest BCUT2D eigenvalue weighted by atomic mass is 16.7. The standard InChI is InChI=1S/C46H64N4O6.C37H51N5O6/c1-28-38-22-36(46(38,3)4)23-39(28)48-45(54)43-42(29(2)52)41(27-51)56-50(43)26-33-15-12-16-37(44(33)55-8)34-18-31(24-47-5)19-35(21-34)40(53)20-32(25-49(6)7)17-30-13-10-9-11-14-30;1-21-29-17-26(37(29,3)4)18-30(21)40-36(46)33-32(22(2)44)31(20-43)48-42(33)19-23-10-8-11-28(34(23)47-7)24-14-25(16-27(15-24)41(5)6)35(45)39-13-9-12-38/h9-16,18-19,21,28-29,32,36,38-39,41-43,47,51-52H,17,20,22-27H2,1-8H3,(H,48,54);8,10-11,14-16,21-22,26,29-33,43-44H,9,13,17-20H2,1-7H3,(H,39,45)(H,40,46)/t28-,29-,32+,36+,38-,39-,41-,42+,43?;21-,22-,26?,29-,30-,31-,32+,33-/m00/s1. The Bertz CT molecular complexity index is 3840. The van der Waals surface area contributed by atoms with Crippen molar-refractivity contribution < 1.29 is 58.8 Å². The lowest BCUT2D eigenvalue weighted by molar-refractivity contribution is -0.183. The topological polar surface area (TPSA) is 271 Å². The van der Waals surface area contributed by atoms with E-state index in [9.17, 15) is 39.6 Å². The number of para-hydroxylation sites is 2. The van der Waals surface area contributed by atoms with E-state index in [4.69, 9.17) is 24.4 Å². The average molecular weight is 1430 g/mol. The minimum atomic E-state index is -0.904. The molecule has 21 nitrogen and oxygen atoms in total. The molecule has 2 unspecified atom stereocenters. The number of carbonyl (C=O) groups is 4. The van der Waals surface area contributed by atoms with Gasteiger partial charge in [0.1, 0.15) is 35.8 Å². The van der Waals surface area contributed by atoms with Crippen molar-refractivity contribution in [3.8, 4) is 39.8 Å². The number of nitriles is 1. The number of nitrogens with one attached hydrogen (secondary N) is 4. The molecule has 0 aromatic heterocycles. The zero-order chi connectivity index (χ0) is 75.2. The van der Waals surface area contributed by atoms with Gasteiger partial charge in [0.25, 0.3) is 5.91 Å². The zero-order valence-corrected chi connectivity index (χ0v) is 63.8. The maximum absolute atomic E-state index is 14.3. The number of anilines is 1. The minimum absolute atomic E-state index is 0.0343. The monoisotopic (exact) mass is 1430 g/mol. The highest BCUT2D eigenvalue weighted by molar-refractivity contribution is 5.98. The van der Waals surface area contributed by atoms with Gasteiger partial charge in [0, 0.05) is 103 Å². The second-order valence-corrected chi connectivity index (χ2v) is 32.2. The smallest absolute Gasteiger partial charge is 0.251 e. The number of rotatable bonds is 29. The predicted octanol–water partition coefficient (Wildman–Crippen LogP) is 9.47. The Labute approximate surface area is 616 Å². The molecule has 17 atom stereocenters. The Kier molecular flexibility index (Phi) is 25.9. The summed E-state index contributed by atoms with van der Waals surface area (Å²) in [6.07, 6.45) is 2.39. The number of fused-ring (bicyclic) bond motifs is 4. The molecule has 8 fully saturated rings. The normalized spacial score (nSPS) is 27.4. The van der Waals surface area contributed by atoms with E-state index < -0.39 is 48.3 Å². The van der Waals surface area contributed by atoms with Crippen LogP contribution in [-0.4, -0.2) is 183 Å². The number of amides is 3. The number of Topliss-reactive ketones (excluding diaryl/α,β-unsaturated/α-hetero) is 1. The second kappa shape index (κ2) is 34.1. The fourth-order valence-electron chi connectivity index (χ4n) is 18.5. The summed E-state index contributed by atoms with van der Waals surface area (Å²) < 4.78 is 12.1. The number of ether oxygens (including phenoxy) is 2. The van der Waals surface area contributed by atoms with Gasteiger partial charge in [-0.1, -0.05) is 108 Å². The Hall–Kier alpha value is -7.33. The molecule has 5 aromatic carbocycles. The van der Waals surface area contributed by atoms with Crippen molar-refractivity contribution in [2.45, 2.75) is 169 Å². The number of carbonyl (C=O) groups excluding carboxylic acids is 4. The molecule has 2 heterocycles. The van der Waals surface area contributed by atoms with Crippen molar-refractivity contribution in [2.24, 2.45) is 64.1 Å². The molecular formula is C83H115N9O12. The van der Waals surface area contributed by atoms with Gasteiger partial charge in [-0.15, -0.1) is 0 Å². The van der Waals surface area contributed by atoms with Crippen molar-refractivity contribution >= 4 is 29.2 Å². The fourth-order valence-corrected chi connectivity index (χ4v) is 18.5. The van der Waals surface area contributed by atoms with E-state index in [1.807, 2.05) is 119 Å². The molecule has 4 bridgehead atoms. The van der Waals surface area contributed by atoms with Gasteiger partial charge in [0.2, 0.25) is 11.8 Å². The van der Waals surface area contributed by atoms with Crippen LogP contribution in [0.5, 0.6) is 11.5 Å². The quantitative estimate of drug-likeness (QED) is 0.0164. The second-order valence-electron chi connectivity index (χ2n) is 32.2. The number of aliphatic hydroxyl groups excluding tert-OH is 4. The van der Waals surface area contributed by atoms with Crippen LogP contribution >= 0.6 is 0 Å². The Morgan fingerprint density at radius 1 is 0.663 bits per heavy atom. The maximum atomic E-state index is 14.3. The van der Waals surface area contributed by atoms with E-state index in [1.54, 1.807) is 50.3 Å². The fraction of sp³-hybridized carbons (Fsp3) is 0.578. The first-order valence-corrected chi connectivity index (χ1v) is 37.4. The van der Waals surface area contributed by atoms with E-state index in [0.717, 1.165) is 70.4 Å². The highest BCUT2D eigenvalue weighted by Gasteiger charge is 2.59. The van der Waals surface area contributed by atoms with Crippen molar-refractivity contribution in [1.29, 1.82) is 5.26 Å². The number of hydrogen-bond acceptors (Lipinski definition) is 18. The molecule has 0 spiro atoms. The van der Waals surface area contributed by atoms with Crippen molar-refractivity contribution in [2.75, 3.05) is 80.7 Å². The summed E-state index contributed by atoms with van der Waals surface area (Å²) in [5.41, 5.74) is 9.36. The molecule has 8 aliphatic rings. The molecule has 2 aliphatic heterocycles. The molecule has 21 heteroatoms. The highest BCUT2D eigenvalue weighted by Crippen LogP contribution is 2.62. The van der Waals surface area contributed by atoms with Crippen LogP contribution in [0.25, 0.3) is 22.3 Å². The lowest BCUT2D eigenvalue weighted by Crippen LogP contribution is -2.62. The van der Waals surface area contributed by atoms with Crippen LogP contribution in [0.4, 0.5) is 5.69 Å². The van der Waals surface area contributed by atoms with E-state index in [1.165, 1.54) is 18.4 Å². The van der Waals surface area contributed by atoms with Crippen LogP contribution in [0.1, 0.15) is 137 Å². The van der Waals surface area contributed by atoms with Crippen LogP contribution in [0.2, 0.25) is 0 Å². The number of methoxy groups -OCH3 is 2. The summed E-state index contributed by atoms with van der Waals surface area (Å²) in [6.45, 7) is 18.4. The van der Waals surface area contributed by atoms with Gasteiger partial charge in [-0.3, -0.25) is 28.9 Å². The van der Waals surface area contributed by atoms with Crippen LogP contribution in [0.15, 0.2) is 103 Å². The Morgan fingerprint density at radius 3 is 1.60 bits per heavy atom. The van der Waals surface area contributed by atoms with Gasteiger partial charge >= 0.3 is 0 Å². The first kappa shape index (κ1) is 79.2. The zero-order valence-electron chi connectivity index (χ0n) is 63.8. The van der Waals surface area contributed by atoms with Gasteiger partial charge < -0.3 is 61.0 Å². The number of hydrogen-bond donors (Lipinski definition) is 8. The van der Waals surface area contributed by atoms with Gasteiger partial charge in [-0.2, -0.15) is 15.4 Å². The summed E-state index contributed by atoms with van der Waals surface area (Å²) in [6, 6.07) is 34.0. The number of ketones is 1. The lowest BCUT2D eigenvalue weighted by Gasteiger charge is -2.62. The molecule has 3 amide bonds. The number of nitrogens with zero attached hydrogens (tertiary/aromatic N) is 5. The van der Waals surface area contributed by atoms with Crippen molar-refractivity contribution in [3.63, 3.8) is 0 Å². The molecule has 564 valence electrons. The maximum Gasteiger partial charge on any atom is 0.251 e. The number of hydroxylamine groups is 4. The van der Waals surface area contributed by atoms with E-state index in [2.05, 4.69) is 85.9 Å². The van der Waals surface area contributed by atoms with Gasteiger partial charge in [0.05, 0.1) is 65.2 Å². The minimum Gasteiger partial charge on any atom is -0.496 e. The molecule has 0 radical (unpaired) electrons. The van der Waals surface area contributed by atoms with E-state index in [-0.39, 0.29) is 91.6 Å². The predicted molar refractivity (Wildman–Crippen MR) is 403 cm³/mol. The van der Waals surface area contributed by atoms with Gasteiger partial charge in [-0.05, 0) is 178 Å². The summed E-state index contributed by atoms with van der Waals surface area (Å²) in [7, 11) is 13.0. The molecule has 8 N–H and O–H groups in total. The Balaban J connectivity index is 0.000000226. The molecule has 13 rings (SSSR count). The van der Waals surface area contributed by atoms with E-state index >= 15 is 0 Å². The molecule has 6 aliphatic carbocycles.